The van der Waals surface area contributed by atoms with Gasteiger partial charge in [-0.1, -0.05) is 60.1 Å². The lowest BCUT2D eigenvalue weighted by molar-refractivity contribution is 0.0746. The number of aryl methyl sites for hydroxylation is 1. The van der Waals surface area contributed by atoms with Gasteiger partial charge in [0.1, 0.15) is 12.1 Å². The molecule has 1 aliphatic heterocycles. The van der Waals surface area contributed by atoms with Gasteiger partial charge in [0.05, 0.1) is 5.39 Å². The van der Waals surface area contributed by atoms with Crippen molar-refractivity contribution >= 4 is 34.4 Å². The highest BCUT2D eigenvalue weighted by Crippen LogP contribution is 2.37. The summed E-state index contributed by atoms with van der Waals surface area (Å²) in [5.74, 6) is 0.926. The zero-order chi connectivity index (χ0) is 25.4. The van der Waals surface area contributed by atoms with Gasteiger partial charge in [-0.05, 0) is 48.4 Å². The summed E-state index contributed by atoms with van der Waals surface area (Å²) in [5, 5.41) is 1.65. The summed E-state index contributed by atoms with van der Waals surface area (Å²) in [4.78, 5) is 26.7. The van der Waals surface area contributed by atoms with Crippen LogP contribution in [0.5, 0.6) is 0 Å². The smallest absolute Gasteiger partial charge is 0.253 e. The van der Waals surface area contributed by atoms with Crippen molar-refractivity contribution in [1.82, 2.24) is 19.4 Å². The van der Waals surface area contributed by atoms with Crippen LogP contribution in [-0.2, 0) is 0 Å². The number of piperazine rings is 1. The molecule has 1 saturated heterocycles. The van der Waals surface area contributed by atoms with E-state index in [-0.39, 0.29) is 5.91 Å². The molecule has 1 fully saturated rings. The highest BCUT2D eigenvalue weighted by molar-refractivity contribution is 6.30. The third-order valence-corrected chi connectivity index (χ3v) is 7.23. The molecule has 0 aliphatic carbocycles. The summed E-state index contributed by atoms with van der Waals surface area (Å²) in [7, 11) is 0. The van der Waals surface area contributed by atoms with Crippen LogP contribution >= 0.6 is 11.6 Å². The van der Waals surface area contributed by atoms with Crippen molar-refractivity contribution in [3.8, 4) is 16.8 Å². The fourth-order valence-corrected chi connectivity index (χ4v) is 5.16. The number of halogens is 1. The molecule has 1 amide bonds. The summed E-state index contributed by atoms with van der Waals surface area (Å²) in [6.45, 7) is 4.73. The number of fused-ring (bicyclic) bond motifs is 1. The van der Waals surface area contributed by atoms with Crippen molar-refractivity contribution in [2.24, 2.45) is 0 Å². The van der Waals surface area contributed by atoms with Crippen LogP contribution in [0.25, 0.3) is 27.8 Å². The van der Waals surface area contributed by atoms with Gasteiger partial charge in [0.25, 0.3) is 5.91 Å². The van der Waals surface area contributed by atoms with Gasteiger partial charge in [0.15, 0.2) is 5.65 Å². The van der Waals surface area contributed by atoms with Gasteiger partial charge in [-0.3, -0.25) is 4.79 Å². The zero-order valence-electron chi connectivity index (χ0n) is 20.5. The van der Waals surface area contributed by atoms with Crippen LogP contribution in [0.4, 0.5) is 5.82 Å². The Morgan fingerprint density at radius 3 is 2.27 bits per heavy atom. The van der Waals surface area contributed by atoms with Gasteiger partial charge in [0.2, 0.25) is 0 Å². The lowest BCUT2D eigenvalue weighted by Gasteiger charge is -2.35. The Kier molecular flexibility index (Phi) is 6.10. The number of carbonyl (C=O) groups is 1. The molecule has 3 heterocycles. The van der Waals surface area contributed by atoms with Crippen molar-refractivity contribution in [1.29, 1.82) is 0 Å². The number of benzene rings is 3. The molecule has 0 radical (unpaired) electrons. The average molecular weight is 508 g/mol. The highest BCUT2D eigenvalue weighted by Gasteiger charge is 2.26. The third-order valence-electron chi connectivity index (χ3n) is 6.98. The molecule has 7 heteroatoms. The number of amides is 1. The Morgan fingerprint density at radius 1 is 0.838 bits per heavy atom. The first-order valence-electron chi connectivity index (χ1n) is 12.4. The summed E-state index contributed by atoms with van der Waals surface area (Å²) < 4.78 is 2.17. The Hall–Kier alpha value is -4.16. The van der Waals surface area contributed by atoms with Crippen LogP contribution in [0.15, 0.2) is 91.4 Å². The number of nitrogens with zero attached hydrogens (tertiary/aromatic N) is 5. The Balaban J connectivity index is 1.38. The molecule has 0 atom stereocenters. The molecule has 0 saturated carbocycles. The van der Waals surface area contributed by atoms with Crippen molar-refractivity contribution in [2.45, 2.75) is 6.92 Å². The number of aromatic nitrogens is 3. The molecule has 1 aliphatic rings. The molecule has 6 nitrogen and oxygen atoms in total. The van der Waals surface area contributed by atoms with E-state index in [1.165, 1.54) is 5.56 Å². The van der Waals surface area contributed by atoms with Crippen molar-refractivity contribution in [3.05, 3.63) is 108 Å². The predicted molar refractivity (Wildman–Crippen MR) is 149 cm³/mol. The Morgan fingerprint density at radius 2 is 1.54 bits per heavy atom. The maximum atomic E-state index is 13.0. The van der Waals surface area contributed by atoms with Crippen LogP contribution < -0.4 is 4.90 Å². The van der Waals surface area contributed by atoms with E-state index in [1.54, 1.807) is 30.6 Å². The Labute approximate surface area is 220 Å². The molecule has 184 valence electrons. The van der Waals surface area contributed by atoms with Crippen molar-refractivity contribution in [2.75, 3.05) is 31.1 Å². The lowest BCUT2D eigenvalue weighted by atomic mass is 10.1. The molecular weight excluding hydrogens is 482 g/mol. The number of hydrogen-bond donors (Lipinski definition) is 0. The van der Waals surface area contributed by atoms with E-state index in [9.17, 15) is 4.79 Å². The molecule has 0 N–H and O–H groups in total. The summed E-state index contributed by atoms with van der Waals surface area (Å²) in [5.41, 5.74) is 6.01. The zero-order valence-corrected chi connectivity index (χ0v) is 21.3. The number of rotatable bonds is 4. The van der Waals surface area contributed by atoms with Crippen molar-refractivity contribution < 1.29 is 4.79 Å². The number of anilines is 1. The number of carbonyl (C=O) groups excluding carboxylic acids is 1. The van der Waals surface area contributed by atoms with E-state index < -0.39 is 0 Å². The average Bonchev–Trinajstić information content (AvgIpc) is 3.34. The van der Waals surface area contributed by atoms with Crippen LogP contribution in [0.3, 0.4) is 0 Å². The minimum atomic E-state index is 0.0276. The molecule has 5 aromatic rings. The highest BCUT2D eigenvalue weighted by atomic mass is 35.5. The van der Waals surface area contributed by atoms with Crippen LogP contribution in [0, 0.1) is 6.92 Å². The second-order valence-electron chi connectivity index (χ2n) is 9.25. The van der Waals surface area contributed by atoms with Gasteiger partial charge in [-0.2, -0.15) is 0 Å². The van der Waals surface area contributed by atoms with E-state index >= 15 is 0 Å². The minimum Gasteiger partial charge on any atom is -0.352 e. The molecular formula is C30H26ClN5O. The normalized spacial score (nSPS) is 13.8. The first-order chi connectivity index (χ1) is 18.1. The van der Waals surface area contributed by atoms with Gasteiger partial charge in [-0.15, -0.1) is 0 Å². The minimum absolute atomic E-state index is 0.0276. The maximum Gasteiger partial charge on any atom is 0.253 e. The molecule has 37 heavy (non-hydrogen) atoms. The molecule has 0 unspecified atom stereocenters. The van der Waals surface area contributed by atoms with Crippen LogP contribution in [-0.4, -0.2) is 51.5 Å². The largest absolute Gasteiger partial charge is 0.352 e. The maximum absolute atomic E-state index is 13.0. The quantitative estimate of drug-likeness (QED) is 0.299. The second kappa shape index (κ2) is 9.71. The number of para-hydroxylation sites is 1. The standard InChI is InChI=1S/C30H26ClN5O/c1-21-7-5-6-10-26(21)36-19-25(22-8-3-2-4-9-22)27-28(32-20-33-29(27)36)34-15-17-35(18-16-34)30(37)23-11-13-24(31)14-12-23/h2-14,19-20H,15-18H2,1H3. The lowest BCUT2D eigenvalue weighted by Crippen LogP contribution is -2.49. The summed E-state index contributed by atoms with van der Waals surface area (Å²) in [6, 6.07) is 25.8. The topological polar surface area (TPSA) is 54.3 Å². The Bertz CT molecular complexity index is 1570. The van der Waals surface area contributed by atoms with Gasteiger partial charge in [0, 0.05) is 54.2 Å². The molecule has 6 rings (SSSR count). The van der Waals surface area contributed by atoms with Gasteiger partial charge in [-0.25, -0.2) is 9.97 Å². The fraction of sp³-hybridized carbons (Fsp3) is 0.167. The number of hydrogen-bond acceptors (Lipinski definition) is 4. The van der Waals surface area contributed by atoms with E-state index in [0.29, 0.717) is 36.8 Å². The molecule has 0 bridgehead atoms. The molecule has 3 aromatic carbocycles. The van der Waals surface area contributed by atoms with E-state index in [1.807, 2.05) is 17.0 Å². The van der Waals surface area contributed by atoms with E-state index in [0.717, 1.165) is 33.7 Å². The summed E-state index contributed by atoms with van der Waals surface area (Å²) >= 11 is 6.00. The van der Waals surface area contributed by atoms with Gasteiger partial charge < -0.3 is 14.4 Å². The first-order valence-corrected chi connectivity index (χ1v) is 12.8. The second-order valence-corrected chi connectivity index (χ2v) is 9.68. The monoisotopic (exact) mass is 507 g/mol. The van der Waals surface area contributed by atoms with Crippen LogP contribution in [0.1, 0.15) is 15.9 Å². The first kappa shape index (κ1) is 23.3. The third kappa shape index (κ3) is 4.34. The van der Waals surface area contributed by atoms with Crippen LogP contribution in [0.2, 0.25) is 5.02 Å². The SMILES string of the molecule is Cc1ccccc1-n1cc(-c2ccccc2)c2c(N3CCN(C(=O)c4ccc(Cl)cc4)CC3)ncnc21. The predicted octanol–water partition coefficient (Wildman–Crippen LogP) is 6.01. The molecule has 0 spiro atoms. The van der Waals surface area contributed by atoms with E-state index in [4.69, 9.17) is 21.6 Å². The van der Waals surface area contributed by atoms with Gasteiger partial charge >= 0.3 is 0 Å². The fourth-order valence-electron chi connectivity index (χ4n) is 5.04. The van der Waals surface area contributed by atoms with E-state index in [2.05, 4.69) is 65.1 Å². The summed E-state index contributed by atoms with van der Waals surface area (Å²) in [6.07, 6.45) is 3.81. The van der Waals surface area contributed by atoms with Crippen molar-refractivity contribution in [3.63, 3.8) is 0 Å². The molecule has 2 aromatic heterocycles.